The molecule has 0 amide bonds. The number of ether oxygens (including phenoxy) is 3. The van der Waals surface area contributed by atoms with E-state index in [0.29, 0.717) is 19.3 Å². The first-order valence-electron chi connectivity index (χ1n) is 18.7. The molecule has 0 aromatic heterocycles. The maximum atomic E-state index is 13.0. The summed E-state index contributed by atoms with van der Waals surface area (Å²) in [6.45, 7) is 8.28. The lowest BCUT2D eigenvalue weighted by Crippen LogP contribution is -2.16. The van der Waals surface area contributed by atoms with Crippen LogP contribution in [0.3, 0.4) is 0 Å². The number of benzene rings is 1. The quantitative estimate of drug-likeness (QED) is 0.0370. The fourth-order valence-corrected chi connectivity index (χ4v) is 5.39. The summed E-state index contributed by atoms with van der Waals surface area (Å²) in [5.74, 6) is -1.86. The number of hydrogen-bond acceptors (Lipinski definition) is 7. The Morgan fingerprint density at radius 3 is 1.07 bits per heavy atom. The zero-order valence-electron chi connectivity index (χ0n) is 29.7. The normalized spacial score (nSPS) is 11.0. The first kappa shape index (κ1) is 41.3. The Kier molecular flexibility index (Phi) is 24.6. The highest BCUT2D eigenvalue weighted by atomic mass is 16.6. The molecule has 0 N–H and O–H groups in total. The molecule has 1 rings (SSSR count). The van der Waals surface area contributed by atoms with Crippen LogP contribution in [0.4, 0.5) is 0 Å². The minimum atomic E-state index is -0.489. The van der Waals surface area contributed by atoms with Gasteiger partial charge >= 0.3 is 17.9 Å². The van der Waals surface area contributed by atoms with Gasteiger partial charge in [0, 0.05) is 31.2 Å². The number of esters is 3. The highest BCUT2D eigenvalue weighted by Crippen LogP contribution is 2.40. The summed E-state index contributed by atoms with van der Waals surface area (Å²) >= 11 is 0. The van der Waals surface area contributed by atoms with Crippen molar-refractivity contribution in [2.45, 2.75) is 188 Å². The number of ketones is 1. The molecule has 0 saturated heterocycles. The monoisotopic (exact) mass is 644 g/mol. The lowest BCUT2D eigenvalue weighted by atomic mass is 10.1. The average Bonchev–Trinajstić information content (AvgIpc) is 3.04. The van der Waals surface area contributed by atoms with Gasteiger partial charge in [0.2, 0.25) is 5.75 Å². The molecular formula is C39H64O7. The second-order valence-electron chi connectivity index (χ2n) is 12.6. The number of hydrogen-bond donors (Lipinski definition) is 0. The predicted molar refractivity (Wildman–Crippen MR) is 186 cm³/mol. The smallest absolute Gasteiger partial charge is 0.311 e. The second-order valence-corrected chi connectivity index (χ2v) is 12.6. The highest BCUT2D eigenvalue weighted by Gasteiger charge is 2.24. The van der Waals surface area contributed by atoms with Crippen molar-refractivity contribution in [1.82, 2.24) is 0 Å². The molecule has 0 heterocycles. The third-order valence-electron chi connectivity index (χ3n) is 8.28. The topological polar surface area (TPSA) is 96.0 Å². The van der Waals surface area contributed by atoms with E-state index in [4.69, 9.17) is 14.2 Å². The van der Waals surface area contributed by atoms with Crippen molar-refractivity contribution in [3.8, 4) is 17.2 Å². The van der Waals surface area contributed by atoms with E-state index in [2.05, 4.69) is 20.8 Å². The van der Waals surface area contributed by atoms with Crippen LogP contribution in [0.2, 0.25) is 0 Å². The van der Waals surface area contributed by atoms with Crippen LogP contribution in [0.1, 0.15) is 199 Å². The molecule has 0 atom stereocenters. The highest BCUT2D eigenvalue weighted by molar-refractivity contribution is 5.98. The summed E-state index contributed by atoms with van der Waals surface area (Å²) in [6, 6.07) is 2.86. The number of unbranched alkanes of at least 4 members (excludes halogenated alkanes) is 18. The van der Waals surface area contributed by atoms with Crippen molar-refractivity contribution in [3.63, 3.8) is 0 Å². The second kappa shape index (κ2) is 27.4. The fraction of sp³-hybridized carbons (Fsp3) is 0.744. The van der Waals surface area contributed by atoms with Gasteiger partial charge in [-0.3, -0.25) is 19.2 Å². The Labute approximate surface area is 279 Å². The summed E-state index contributed by atoms with van der Waals surface area (Å²) in [4.78, 5) is 51.5. The van der Waals surface area contributed by atoms with E-state index in [1.807, 2.05) is 0 Å². The number of rotatable bonds is 29. The molecular weight excluding hydrogens is 580 g/mol. The molecule has 0 bridgehead atoms. The predicted octanol–water partition coefficient (Wildman–Crippen LogP) is 11.4. The molecule has 1 aromatic rings. The van der Waals surface area contributed by atoms with Gasteiger partial charge in [-0.25, -0.2) is 0 Å². The van der Waals surface area contributed by atoms with Crippen LogP contribution < -0.4 is 14.2 Å². The lowest BCUT2D eigenvalue weighted by molar-refractivity contribution is -0.138. The van der Waals surface area contributed by atoms with Crippen molar-refractivity contribution in [2.24, 2.45) is 0 Å². The van der Waals surface area contributed by atoms with Crippen LogP contribution in [0.15, 0.2) is 12.1 Å². The van der Waals surface area contributed by atoms with Gasteiger partial charge in [0.05, 0.1) is 0 Å². The van der Waals surface area contributed by atoms with Crippen LogP contribution in [0.5, 0.6) is 17.2 Å². The Morgan fingerprint density at radius 1 is 0.435 bits per heavy atom. The van der Waals surface area contributed by atoms with E-state index in [1.54, 1.807) is 6.92 Å². The number of carbonyl (C=O) groups is 4. The summed E-state index contributed by atoms with van der Waals surface area (Å²) in [5, 5.41) is 0. The SMILES string of the molecule is CCCCCCCCCC(=O)Oc1cc(C(=O)CC)cc(OC(=O)CCCCCCCCC)c1OC(=O)CCCCCCCCC. The first-order chi connectivity index (χ1) is 22.4. The van der Waals surface area contributed by atoms with E-state index in [9.17, 15) is 19.2 Å². The molecule has 7 nitrogen and oxygen atoms in total. The van der Waals surface area contributed by atoms with Crippen molar-refractivity contribution in [3.05, 3.63) is 17.7 Å². The Balaban J connectivity index is 3.03. The largest absolute Gasteiger partial charge is 0.422 e. The van der Waals surface area contributed by atoms with E-state index in [0.717, 1.165) is 57.8 Å². The zero-order valence-corrected chi connectivity index (χ0v) is 29.7. The molecule has 0 unspecified atom stereocenters. The minimum Gasteiger partial charge on any atom is -0.422 e. The molecule has 0 aliphatic carbocycles. The van der Waals surface area contributed by atoms with Crippen molar-refractivity contribution in [1.29, 1.82) is 0 Å². The van der Waals surface area contributed by atoms with Gasteiger partial charge in [-0.05, 0) is 31.4 Å². The van der Waals surface area contributed by atoms with E-state index in [-0.39, 0.29) is 54.3 Å². The molecule has 0 spiro atoms. The van der Waals surface area contributed by atoms with Crippen LogP contribution in [-0.4, -0.2) is 23.7 Å². The van der Waals surface area contributed by atoms with Crippen LogP contribution in [0.25, 0.3) is 0 Å². The van der Waals surface area contributed by atoms with Gasteiger partial charge in [0.25, 0.3) is 0 Å². The summed E-state index contributed by atoms with van der Waals surface area (Å²) in [6.07, 6.45) is 23.1. The van der Waals surface area contributed by atoms with Crippen molar-refractivity contribution >= 4 is 23.7 Å². The maximum absolute atomic E-state index is 13.0. The molecule has 1 aromatic carbocycles. The van der Waals surface area contributed by atoms with E-state index >= 15 is 0 Å². The number of carbonyl (C=O) groups excluding carboxylic acids is 4. The van der Waals surface area contributed by atoms with Gasteiger partial charge in [0.1, 0.15) is 0 Å². The molecule has 0 fully saturated rings. The van der Waals surface area contributed by atoms with Gasteiger partial charge in [-0.2, -0.15) is 0 Å². The maximum Gasteiger partial charge on any atom is 0.311 e. The van der Waals surface area contributed by atoms with E-state index in [1.165, 1.54) is 69.9 Å². The third kappa shape index (κ3) is 19.7. The number of Topliss-reactive ketones (excluding diaryl/α,β-unsaturated/α-hetero) is 1. The van der Waals surface area contributed by atoms with Crippen LogP contribution >= 0.6 is 0 Å². The van der Waals surface area contributed by atoms with Crippen molar-refractivity contribution in [2.75, 3.05) is 0 Å². The van der Waals surface area contributed by atoms with Gasteiger partial charge in [-0.15, -0.1) is 0 Å². The molecule has 7 heteroatoms. The minimum absolute atomic E-state index is 0.0566. The molecule has 0 aliphatic heterocycles. The van der Waals surface area contributed by atoms with Crippen molar-refractivity contribution < 1.29 is 33.4 Å². The van der Waals surface area contributed by atoms with Crippen LogP contribution in [0, 0.1) is 0 Å². The van der Waals surface area contributed by atoms with Crippen LogP contribution in [-0.2, 0) is 14.4 Å². The summed E-state index contributed by atoms with van der Waals surface area (Å²) < 4.78 is 17.2. The molecule has 46 heavy (non-hydrogen) atoms. The standard InChI is InChI=1S/C39H64O7/c1-5-9-12-15-18-21-24-27-36(41)44-34-30-32(33(40)8-4)31-35(45-37(42)28-25-22-19-16-13-10-6-2)39(34)46-38(43)29-26-23-20-17-14-11-7-3/h30-31H,5-29H2,1-4H3. The third-order valence-corrected chi connectivity index (χ3v) is 8.28. The lowest BCUT2D eigenvalue weighted by Gasteiger charge is -2.16. The van der Waals surface area contributed by atoms with Gasteiger partial charge in [0.15, 0.2) is 17.3 Å². The molecule has 0 aliphatic rings. The molecule has 0 saturated carbocycles. The Hall–Kier alpha value is -2.70. The van der Waals surface area contributed by atoms with Gasteiger partial charge < -0.3 is 14.2 Å². The molecule has 0 radical (unpaired) electrons. The zero-order chi connectivity index (χ0) is 33.8. The Morgan fingerprint density at radius 2 is 0.739 bits per heavy atom. The first-order valence-corrected chi connectivity index (χ1v) is 18.7. The average molecular weight is 645 g/mol. The summed E-state index contributed by atoms with van der Waals surface area (Å²) in [7, 11) is 0. The van der Waals surface area contributed by atoms with E-state index < -0.39 is 17.9 Å². The fourth-order valence-electron chi connectivity index (χ4n) is 5.39. The Bertz CT molecular complexity index is 947. The summed E-state index contributed by atoms with van der Waals surface area (Å²) in [5.41, 5.74) is 0.242. The van der Waals surface area contributed by atoms with Gasteiger partial charge in [-0.1, -0.05) is 143 Å². The molecule has 262 valence electrons.